The first-order valence-electron chi connectivity index (χ1n) is 6.73. The Morgan fingerprint density at radius 3 is 2.80 bits per heavy atom. The van der Waals surface area contributed by atoms with Gasteiger partial charge >= 0.3 is 5.97 Å². The molecule has 0 heterocycles. The lowest BCUT2D eigenvalue weighted by Gasteiger charge is -2.14. The molecule has 1 aromatic carbocycles. The zero-order chi connectivity index (χ0) is 14.7. The average molecular weight is 278 g/mol. The fraction of sp³-hybridized carbons (Fsp3) is 0.500. The van der Waals surface area contributed by atoms with Gasteiger partial charge in [0.2, 0.25) is 0 Å². The normalized spacial score (nSPS) is 21.6. The van der Waals surface area contributed by atoms with E-state index in [0.717, 1.165) is 12.8 Å². The molecule has 6 nitrogen and oxygen atoms in total. The highest BCUT2D eigenvalue weighted by Gasteiger charge is 2.22. The number of nitro groups is 1. The number of rotatable bonds is 5. The fourth-order valence-corrected chi connectivity index (χ4v) is 2.74. The van der Waals surface area contributed by atoms with Gasteiger partial charge in [0, 0.05) is 18.7 Å². The van der Waals surface area contributed by atoms with Gasteiger partial charge < -0.3 is 10.4 Å². The Labute approximate surface area is 117 Å². The van der Waals surface area contributed by atoms with E-state index in [1.54, 1.807) is 0 Å². The fourth-order valence-electron chi connectivity index (χ4n) is 2.74. The molecule has 1 aliphatic rings. The molecule has 0 aromatic heterocycles. The molecule has 108 valence electrons. The second kappa shape index (κ2) is 5.90. The Hall–Kier alpha value is -2.11. The summed E-state index contributed by atoms with van der Waals surface area (Å²) >= 11 is 0. The van der Waals surface area contributed by atoms with Gasteiger partial charge in [0.1, 0.15) is 0 Å². The highest BCUT2D eigenvalue weighted by Crippen LogP contribution is 2.31. The zero-order valence-corrected chi connectivity index (χ0v) is 11.3. The van der Waals surface area contributed by atoms with Crippen molar-refractivity contribution in [2.45, 2.75) is 26.2 Å². The van der Waals surface area contributed by atoms with E-state index in [1.165, 1.54) is 24.6 Å². The van der Waals surface area contributed by atoms with Crippen LogP contribution < -0.4 is 5.32 Å². The highest BCUT2D eigenvalue weighted by molar-refractivity contribution is 5.94. The van der Waals surface area contributed by atoms with Crippen molar-refractivity contribution in [2.24, 2.45) is 11.8 Å². The Kier molecular flexibility index (Phi) is 4.22. The number of hydrogen-bond donors (Lipinski definition) is 2. The van der Waals surface area contributed by atoms with Crippen molar-refractivity contribution < 1.29 is 14.8 Å². The number of nitro benzene ring substituents is 1. The van der Waals surface area contributed by atoms with E-state index in [1.807, 2.05) is 0 Å². The van der Waals surface area contributed by atoms with Crippen LogP contribution in [0.2, 0.25) is 0 Å². The topological polar surface area (TPSA) is 92.5 Å². The number of hydrogen-bond acceptors (Lipinski definition) is 4. The summed E-state index contributed by atoms with van der Waals surface area (Å²) in [4.78, 5) is 21.4. The first-order chi connectivity index (χ1) is 9.47. The Morgan fingerprint density at radius 2 is 2.25 bits per heavy atom. The van der Waals surface area contributed by atoms with Gasteiger partial charge in [0.05, 0.1) is 16.2 Å². The molecule has 20 heavy (non-hydrogen) atoms. The zero-order valence-electron chi connectivity index (χ0n) is 11.3. The summed E-state index contributed by atoms with van der Waals surface area (Å²) in [5, 5.41) is 23.0. The van der Waals surface area contributed by atoms with Crippen LogP contribution in [-0.4, -0.2) is 22.5 Å². The van der Waals surface area contributed by atoms with Crippen LogP contribution in [0.25, 0.3) is 0 Å². The van der Waals surface area contributed by atoms with Crippen LogP contribution in [0.15, 0.2) is 18.2 Å². The number of anilines is 1. The van der Waals surface area contributed by atoms with Crippen molar-refractivity contribution >= 4 is 17.3 Å². The molecular formula is C14H18N2O4. The number of nitrogens with one attached hydrogen (secondary N) is 1. The van der Waals surface area contributed by atoms with E-state index < -0.39 is 10.9 Å². The molecule has 2 unspecified atom stereocenters. The average Bonchev–Trinajstić information content (AvgIpc) is 2.81. The van der Waals surface area contributed by atoms with Crippen LogP contribution in [0.5, 0.6) is 0 Å². The third-order valence-electron chi connectivity index (χ3n) is 3.83. The van der Waals surface area contributed by atoms with Gasteiger partial charge in [-0.15, -0.1) is 0 Å². The van der Waals surface area contributed by atoms with E-state index >= 15 is 0 Å². The van der Waals surface area contributed by atoms with Crippen LogP contribution in [0.3, 0.4) is 0 Å². The molecular weight excluding hydrogens is 260 g/mol. The van der Waals surface area contributed by atoms with E-state index in [4.69, 9.17) is 5.11 Å². The van der Waals surface area contributed by atoms with Crippen LogP contribution >= 0.6 is 0 Å². The van der Waals surface area contributed by atoms with Crippen LogP contribution in [0, 0.1) is 22.0 Å². The molecule has 1 aromatic rings. The van der Waals surface area contributed by atoms with Crippen molar-refractivity contribution in [3.05, 3.63) is 33.9 Å². The summed E-state index contributed by atoms with van der Waals surface area (Å²) in [6, 6.07) is 3.79. The van der Waals surface area contributed by atoms with Crippen molar-refractivity contribution in [3.8, 4) is 0 Å². The lowest BCUT2D eigenvalue weighted by atomic mass is 10.1. The van der Waals surface area contributed by atoms with Gasteiger partial charge in [-0.1, -0.05) is 13.3 Å². The minimum absolute atomic E-state index is 0.0710. The summed E-state index contributed by atoms with van der Waals surface area (Å²) in [5.41, 5.74) is 0.296. The number of carboxylic acids is 1. The second-order valence-electron chi connectivity index (χ2n) is 5.46. The van der Waals surface area contributed by atoms with Gasteiger partial charge in [-0.2, -0.15) is 0 Å². The van der Waals surface area contributed by atoms with Crippen LogP contribution in [0.1, 0.15) is 36.5 Å². The number of non-ortho nitro benzene ring substituents is 1. The second-order valence-corrected chi connectivity index (χ2v) is 5.46. The maximum Gasteiger partial charge on any atom is 0.337 e. The number of aromatic carboxylic acids is 1. The van der Waals surface area contributed by atoms with Crippen molar-refractivity contribution in [2.75, 3.05) is 11.9 Å². The smallest absolute Gasteiger partial charge is 0.337 e. The molecule has 0 saturated heterocycles. The van der Waals surface area contributed by atoms with E-state index in [0.29, 0.717) is 24.1 Å². The number of carbonyl (C=O) groups is 1. The van der Waals surface area contributed by atoms with Gasteiger partial charge in [-0.3, -0.25) is 10.1 Å². The molecule has 1 aliphatic carbocycles. The molecule has 0 amide bonds. The van der Waals surface area contributed by atoms with Gasteiger partial charge in [0.25, 0.3) is 5.69 Å². The van der Waals surface area contributed by atoms with E-state index in [-0.39, 0.29) is 11.3 Å². The summed E-state index contributed by atoms with van der Waals surface area (Å²) in [6.07, 6.45) is 3.42. The number of benzene rings is 1. The Bertz CT molecular complexity index is 530. The predicted octanol–water partition coefficient (Wildman–Crippen LogP) is 3.14. The maximum absolute atomic E-state index is 11.1. The molecule has 0 bridgehead atoms. The Balaban J connectivity index is 2.13. The molecule has 2 atom stereocenters. The Morgan fingerprint density at radius 1 is 1.50 bits per heavy atom. The number of carboxylic acid groups (broad SMARTS) is 1. The summed E-state index contributed by atoms with van der Waals surface area (Å²) < 4.78 is 0. The van der Waals surface area contributed by atoms with Gasteiger partial charge in [-0.05, 0) is 30.7 Å². The molecule has 2 N–H and O–H groups in total. The predicted molar refractivity (Wildman–Crippen MR) is 75.1 cm³/mol. The van der Waals surface area contributed by atoms with E-state index in [9.17, 15) is 14.9 Å². The summed E-state index contributed by atoms with van der Waals surface area (Å²) in [5.74, 6) is 0.124. The standard InChI is InChI=1S/C14H18N2O4/c1-9-2-3-10(6-9)8-15-13-7-11(16(19)20)4-5-12(13)14(17)18/h4-5,7,9-10,15H,2-3,6,8H2,1H3,(H,17,18). The van der Waals surface area contributed by atoms with Gasteiger partial charge in [0.15, 0.2) is 0 Å². The maximum atomic E-state index is 11.1. The largest absolute Gasteiger partial charge is 0.478 e. The van der Waals surface area contributed by atoms with Crippen molar-refractivity contribution in [3.63, 3.8) is 0 Å². The minimum atomic E-state index is -1.08. The SMILES string of the molecule is CC1CCC(CNc2cc([N+](=O)[O-])ccc2C(=O)O)C1. The lowest BCUT2D eigenvalue weighted by Crippen LogP contribution is -2.14. The van der Waals surface area contributed by atoms with Crippen LogP contribution in [-0.2, 0) is 0 Å². The van der Waals surface area contributed by atoms with Crippen molar-refractivity contribution in [1.82, 2.24) is 0 Å². The summed E-state index contributed by atoms with van der Waals surface area (Å²) in [6.45, 7) is 2.86. The van der Waals surface area contributed by atoms with Crippen molar-refractivity contribution in [1.29, 1.82) is 0 Å². The third kappa shape index (κ3) is 3.26. The highest BCUT2D eigenvalue weighted by atomic mass is 16.6. The summed E-state index contributed by atoms with van der Waals surface area (Å²) in [7, 11) is 0. The van der Waals surface area contributed by atoms with E-state index in [2.05, 4.69) is 12.2 Å². The third-order valence-corrected chi connectivity index (χ3v) is 3.83. The first kappa shape index (κ1) is 14.3. The van der Waals surface area contributed by atoms with Crippen LogP contribution in [0.4, 0.5) is 11.4 Å². The molecule has 0 radical (unpaired) electrons. The molecule has 0 aliphatic heterocycles. The molecule has 1 fully saturated rings. The molecule has 2 rings (SSSR count). The molecule has 0 spiro atoms. The van der Waals surface area contributed by atoms with Gasteiger partial charge in [-0.25, -0.2) is 4.79 Å². The number of nitrogens with zero attached hydrogens (tertiary/aromatic N) is 1. The lowest BCUT2D eigenvalue weighted by molar-refractivity contribution is -0.384. The first-order valence-corrected chi connectivity index (χ1v) is 6.73. The molecule has 6 heteroatoms. The molecule has 1 saturated carbocycles. The minimum Gasteiger partial charge on any atom is -0.478 e. The monoisotopic (exact) mass is 278 g/mol. The quantitative estimate of drug-likeness (QED) is 0.637.